The first kappa shape index (κ1) is 17.0. The topological polar surface area (TPSA) is 66.4 Å². The van der Waals surface area contributed by atoms with Crippen molar-refractivity contribution in [3.05, 3.63) is 65.7 Å². The molecule has 2 aromatic carbocycles. The van der Waals surface area contributed by atoms with Gasteiger partial charge in [0, 0.05) is 0 Å². The molecule has 0 bridgehead atoms. The van der Waals surface area contributed by atoms with Crippen LogP contribution in [0.4, 0.5) is 0 Å². The standard InChI is InChI=1S/C16H18ClNO3S/c1-12-7-9-14(10-8-12)22(20,21)18-16(15(17)11-19)13-5-3-2-4-6-13/h2-10,15-16,18-19H,11H2,1H3/t15-,16+/m0/s1. The lowest BCUT2D eigenvalue weighted by atomic mass is 10.1. The molecule has 2 atom stereocenters. The molecular weight excluding hydrogens is 322 g/mol. The molecule has 4 nitrogen and oxygen atoms in total. The lowest BCUT2D eigenvalue weighted by Gasteiger charge is -2.22. The van der Waals surface area contributed by atoms with E-state index in [1.807, 2.05) is 13.0 Å². The quantitative estimate of drug-likeness (QED) is 0.795. The van der Waals surface area contributed by atoms with Gasteiger partial charge >= 0.3 is 0 Å². The van der Waals surface area contributed by atoms with Crippen molar-refractivity contribution in [1.82, 2.24) is 4.72 Å². The lowest BCUT2D eigenvalue weighted by Crippen LogP contribution is -2.35. The molecule has 2 aromatic rings. The van der Waals surface area contributed by atoms with E-state index < -0.39 is 21.4 Å². The SMILES string of the molecule is Cc1ccc(S(=O)(=O)N[C@H](c2ccccc2)[C@@H](Cl)CO)cc1. The molecule has 0 heterocycles. The van der Waals surface area contributed by atoms with Crippen molar-refractivity contribution in [2.75, 3.05) is 6.61 Å². The number of alkyl halides is 1. The van der Waals surface area contributed by atoms with Gasteiger partial charge in [0.1, 0.15) is 0 Å². The number of aliphatic hydroxyl groups is 1. The molecule has 6 heteroatoms. The number of hydrogen-bond acceptors (Lipinski definition) is 3. The Morgan fingerprint density at radius 3 is 2.23 bits per heavy atom. The Morgan fingerprint density at radius 1 is 1.09 bits per heavy atom. The van der Waals surface area contributed by atoms with Gasteiger partial charge in [0.15, 0.2) is 0 Å². The minimum Gasteiger partial charge on any atom is -0.395 e. The number of rotatable bonds is 6. The number of aliphatic hydroxyl groups excluding tert-OH is 1. The van der Waals surface area contributed by atoms with Gasteiger partial charge in [-0.1, -0.05) is 48.0 Å². The Labute approximate surface area is 135 Å². The van der Waals surface area contributed by atoms with Gasteiger partial charge < -0.3 is 5.11 Å². The van der Waals surface area contributed by atoms with Crippen LogP contribution in [0.1, 0.15) is 17.2 Å². The molecule has 0 radical (unpaired) electrons. The molecule has 0 aliphatic carbocycles. The molecular formula is C16H18ClNO3S. The van der Waals surface area contributed by atoms with Crippen LogP contribution in [0.25, 0.3) is 0 Å². The average molecular weight is 340 g/mol. The summed E-state index contributed by atoms with van der Waals surface area (Å²) >= 11 is 6.11. The van der Waals surface area contributed by atoms with E-state index in [2.05, 4.69) is 4.72 Å². The van der Waals surface area contributed by atoms with Crippen molar-refractivity contribution < 1.29 is 13.5 Å². The summed E-state index contributed by atoms with van der Waals surface area (Å²) in [5, 5.41) is 8.54. The third-order valence-corrected chi connectivity index (χ3v) is 5.16. The van der Waals surface area contributed by atoms with E-state index in [0.717, 1.165) is 5.56 Å². The van der Waals surface area contributed by atoms with Crippen LogP contribution in [0.3, 0.4) is 0 Å². The largest absolute Gasteiger partial charge is 0.395 e. The van der Waals surface area contributed by atoms with Gasteiger partial charge in [-0.25, -0.2) is 13.1 Å². The highest BCUT2D eigenvalue weighted by Gasteiger charge is 2.26. The minimum atomic E-state index is -3.73. The molecule has 0 unspecified atom stereocenters. The van der Waals surface area contributed by atoms with E-state index in [0.29, 0.717) is 5.56 Å². The summed E-state index contributed by atoms with van der Waals surface area (Å²) in [6.45, 7) is 1.55. The van der Waals surface area contributed by atoms with E-state index in [1.165, 1.54) is 0 Å². The first-order chi connectivity index (χ1) is 10.4. The number of hydrogen-bond donors (Lipinski definition) is 2. The maximum Gasteiger partial charge on any atom is 0.241 e. The highest BCUT2D eigenvalue weighted by atomic mass is 35.5. The molecule has 0 aliphatic rings. The van der Waals surface area contributed by atoms with E-state index in [9.17, 15) is 13.5 Å². The molecule has 0 saturated carbocycles. The zero-order chi connectivity index (χ0) is 16.2. The number of benzene rings is 2. The summed E-state index contributed by atoms with van der Waals surface area (Å²) in [7, 11) is -3.73. The third-order valence-electron chi connectivity index (χ3n) is 3.31. The van der Waals surface area contributed by atoms with Crippen molar-refractivity contribution in [3.63, 3.8) is 0 Å². The predicted molar refractivity (Wildman–Crippen MR) is 87.4 cm³/mol. The van der Waals surface area contributed by atoms with Gasteiger partial charge in [-0.05, 0) is 24.6 Å². The summed E-state index contributed by atoms with van der Waals surface area (Å²) in [4.78, 5) is 0.167. The minimum absolute atomic E-state index is 0.167. The van der Waals surface area contributed by atoms with Crippen LogP contribution < -0.4 is 4.72 Å². The van der Waals surface area contributed by atoms with E-state index in [4.69, 9.17) is 11.6 Å². The number of aryl methyl sites for hydroxylation is 1. The fraction of sp³-hybridized carbons (Fsp3) is 0.250. The molecule has 0 aromatic heterocycles. The predicted octanol–water partition coefficient (Wildman–Crippen LogP) is 2.61. The summed E-state index contributed by atoms with van der Waals surface area (Å²) in [6, 6.07) is 14.8. The van der Waals surface area contributed by atoms with Gasteiger partial charge in [-0.2, -0.15) is 0 Å². The monoisotopic (exact) mass is 339 g/mol. The molecule has 2 N–H and O–H groups in total. The zero-order valence-electron chi connectivity index (χ0n) is 12.1. The Bertz CT molecular complexity index is 702. The van der Waals surface area contributed by atoms with Crippen molar-refractivity contribution >= 4 is 21.6 Å². The first-order valence-corrected chi connectivity index (χ1v) is 8.75. The van der Waals surface area contributed by atoms with Crippen molar-refractivity contribution in [1.29, 1.82) is 0 Å². The van der Waals surface area contributed by atoms with Crippen LogP contribution in [-0.2, 0) is 10.0 Å². The van der Waals surface area contributed by atoms with Crippen LogP contribution in [0.5, 0.6) is 0 Å². The van der Waals surface area contributed by atoms with Crippen LogP contribution >= 0.6 is 11.6 Å². The number of nitrogens with one attached hydrogen (secondary N) is 1. The average Bonchev–Trinajstić information content (AvgIpc) is 2.53. The lowest BCUT2D eigenvalue weighted by molar-refractivity contribution is 0.277. The summed E-state index contributed by atoms with van der Waals surface area (Å²) in [5.74, 6) is 0. The van der Waals surface area contributed by atoms with Crippen LogP contribution in [0.15, 0.2) is 59.5 Å². The Hall–Kier alpha value is -1.40. The normalized spacial score (nSPS) is 14.5. The Kier molecular flexibility index (Phi) is 5.58. The second-order valence-corrected chi connectivity index (χ2v) is 7.30. The second kappa shape index (κ2) is 7.24. The van der Waals surface area contributed by atoms with Crippen molar-refractivity contribution in [2.45, 2.75) is 23.2 Å². The maximum absolute atomic E-state index is 12.5. The molecule has 0 fully saturated rings. The molecule has 0 spiro atoms. The Balaban J connectivity index is 2.32. The molecule has 0 saturated heterocycles. The summed E-state index contributed by atoms with van der Waals surface area (Å²) in [6.07, 6.45) is 0. The molecule has 2 rings (SSSR count). The third kappa shape index (κ3) is 4.08. The van der Waals surface area contributed by atoms with Gasteiger partial charge in [0.05, 0.1) is 22.9 Å². The highest BCUT2D eigenvalue weighted by Crippen LogP contribution is 2.24. The highest BCUT2D eigenvalue weighted by molar-refractivity contribution is 7.89. The van der Waals surface area contributed by atoms with Crippen LogP contribution in [0.2, 0.25) is 0 Å². The maximum atomic E-state index is 12.5. The van der Waals surface area contributed by atoms with E-state index >= 15 is 0 Å². The van der Waals surface area contributed by atoms with Gasteiger partial charge in [0.2, 0.25) is 10.0 Å². The fourth-order valence-electron chi connectivity index (χ4n) is 2.07. The molecule has 118 valence electrons. The van der Waals surface area contributed by atoms with E-state index in [-0.39, 0.29) is 11.5 Å². The van der Waals surface area contributed by atoms with Gasteiger partial charge in [-0.3, -0.25) is 0 Å². The van der Waals surface area contributed by atoms with Gasteiger partial charge in [-0.15, -0.1) is 11.6 Å². The Morgan fingerprint density at radius 2 is 1.68 bits per heavy atom. The zero-order valence-corrected chi connectivity index (χ0v) is 13.7. The summed E-state index contributed by atoms with van der Waals surface area (Å²) < 4.78 is 27.6. The molecule has 22 heavy (non-hydrogen) atoms. The van der Waals surface area contributed by atoms with Crippen LogP contribution in [0, 0.1) is 6.92 Å². The number of halogens is 1. The van der Waals surface area contributed by atoms with Crippen molar-refractivity contribution in [3.8, 4) is 0 Å². The van der Waals surface area contributed by atoms with E-state index in [1.54, 1.807) is 48.5 Å². The molecule has 0 aliphatic heterocycles. The second-order valence-electron chi connectivity index (χ2n) is 5.02. The fourth-order valence-corrected chi connectivity index (χ4v) is 3.62. The smallest absolute Gasteiger partial charge is 0.241 e. The molecule has 0 amide bonds. The first-order valence-electron chi connectivity index (χ1n) is 6.83. The summed E-state index contributed by atoms with van der Waals surface area (Å²) in [5.41, 5.74) is 1.68. The van der Waals surface area contributed by atoms with Crippen LogP contribution in [-0.4, -0.2) is 25.5 Å². The van der Waals surface area contributed by atoms with Crippen molar-refractivity contribution in [2.24, 2.45) is 0 Å². The van der Waals surface area contributed by atoms with Gasteiger partial charge in [0.25, 0.3) is 0 Å². The number of sulfonamides is 1.